The summed E-state index contributed by atoms with van der Waals surface area (Å²) in [7, 11) is 0. The summed E-state index contributed by atoms with van der Waals surface area (Å²) in [6, 6.07) is 1.95. The molecule has 0 radical (unpaired) electrons. The van der Waals surface area contributed by atoms with Crippen LogP contribution >= 0.6 is 0 Å². The molecular formula is C17H23NO9. The van der Waals surface area contributed by atoms with Crippen molar-refractivity contribution in [1.29, 1.82) is 5.26 Å². The molecule has 0 amide bonds. The maximum Gasteiger partial charge on any atom is 0.303 e. The average molecular weight is 385 g/mol. The van der Waals surface area contributed by atoms with E-state index in [-0.39, 0.29) is 19.4 Å². The predicted octanol–water partition coefficient (Wildman–Crippen LogP) is 0.416. The number of ether oxygens (including phenoxy) is 5. The van der Waals surface area contributed by atoms with Crippen molar-refractivity contribution < 1.29 is 42.9 Å². The molecule has 10 nitrogen and oxygen atoms in total. The molecule has 0 bridgehead atoms. The van der Waals surface area contributed by atoms with Gasteiger partial charge in [-0.15, -0.1) is 0 Å². The van der Waals surface area contributed by atoms with Gasteiger partial charge in [0.15, 0.2) is 18.3 Å². The van der Waals surface area contributed by atoms with Gasteiger partial charge in [0.2, 0.25) is 0 Å². The monoisotopic (exact) mass is 385 g/mol. The predicted molar refractivity (Wildman–Crippen MR) is 86.8 cm³/mol. The summed E-state index contributed by atoms with van der Waals surface area (Å²) in [5.74, 6) is -2.63. The molecule has 27 heavy (non-hydrogen) atoms. The molecule has 10 heteroatoms. The van der Waals surface area contributed by atoms with E-state index in [1.54, 1.807) is 0 Å². The molecule has 0 saturated carbocycles. The third-order valence-electron chi connectivity index (χ3n) is 3.63. The second-order valence-corrected chi connectivity index (χ2v) is 5.93. The lowest BCUT2D eigenvalue weighted by atomic mass is 9.92. The highest BCUT2D eigenvalue weighted by atomic mass is 16.7. The molecule has 1 fully saturated rings. The fraction of sp³-hybridized carbons (Fsp3) is 0.706. The van der Waals surface area contributed by atoms with Crippen molar-refractivity contribution >= 4 is 23.9 Å². The standard InChI is InChI=1S/C17H23NO9/c1-9(19)23-8-14-16(25-11(3)21)17(26-12(4)22)15(24-10(2)20)13(27-14)6-5-7-18/h13-17H,5-6,8H2,1-4H3/t13-,14-,15-,16-,17-/m1/s1. The topological polar surface area (TPSA) is 138 Å². The van der Waals surface area contributed by atoms with Gasteiger partial charge in [0.05, 0.1) is 6.07 Å². The van der Waals surface area contributed by atoms with Gasteiger partial charge in [-0.1, -0.05) is 0 Å². The van der Waals surface area contributed by atoms with Crippen LogP contribution in [0.4, 0.5) is 0 Å². The molecule has 1 heterocycles. The van der Waals surface area contributed by atoms with Crippen LogP contribution in [-0.4, -0.2) is 61.0 Å². The van der Waals surface area contributed by atoms with Gasteiger partial charge < -0.3 is 23.7 Å². The van der Waals surface area contributed by atoms with Crippen LogP contribution in [0.5, 0.6) is 0 Å². The zero-order valence-corrected chi connectivity index (χ0v) is 15.6. The van der Waals surface area contributed by atoms with Gasteiger partial charge in [-0.05, 0) is 6.42 Å². The quantitative estimate of drug-likeness (QED) is 0.447. The maximum atomic E-state index is 11.6. The maximum absolute atomic E-state index is 11.6. The van der Waals surface area contributed by atoms with E-state index < -0.39 is 54.4 Å². The highest BCUT2D eigenvalue weighted by Crippen LogP contribution is 2.31. The number of esters is 4. The van der Waals surface area contributed by atoms with Crippen LogP contribution in [0, 0.1) is 11.3 Å². The Bertz CT molecular complexity index is 612. The number of hydrogen-bond donors (Lipinski definition) is 0. The fourth-order valence-electron chi connectivity index (χ4n) is 2.76. The van der Waals surface area contributed by atoms with Crippen molar-refractivity contribution in [3.63, 3.8) is 0 Å². The van der Waals surface area contributed by atoms with Crippen molar-refractivity contribution in [2.45, 2.75) is 71.1 Å². The van der Waals surface area contributed by atoms with Gasteiger partial charge in [0.1, 0.15) is 18.8 Å². The Morgan fingerprint density at radius 3 is 1.74 bits per heavy atom. The second kappa shape index (κ2) is 10.5. The molecule has 0 aromatic rings. The molecule has 0 aliphatic carbocycles. The molecule has 1 aliphatic rings. The molecule has 0 aromatic heterocycles. The Kier molecular flexibility index (Phi) is 8.68. The normalized spacial score (nSPS) is 27.0. The van der Waals surface area contributed by atoms with E-state index in [0.29, 0.717) is 0 Å². The summed E-state index contributed by atoms with van der Waals surface area (Å²) >= 11 is 0. The van der Waals surface area contributed by atoms with Gasteiger partial charge >= 0.3 is 23.9 Å². The molecule has 0 aromatic carbocycles. The molecule has 0 spiro atoms. The van der Waals surface area contributed by atoms with Crippen LogP contribution < -0.4 is 0 Å². The summed E-state index contributed by atoms with van der Waals surface area (Å²) in [4.78, 5) is 45.8. The molecular weight excluding hydrogens is 362 g/mol. The Balaban J connectivity index is 3.25. The van der Waals surface area contributed by atoms with Crippen LogP contribution in [-0.2, 0) is 42.9 Å². The first-order chi connectivity index (χ1) is 12.6. The highest BCUT2D eigenvalue weighted by Gasteiger charge is 2.51. The summed E-state index contributed by atoms with van der Waals surface area (Å²) in [5, 5.41) is 8.85. The fourth-order valence-corrected chi connectivity index (χ4v) is 2.76. The number of carbonyl (C=O) groups excluding carboxylic acids is 4. The highest BCUT2D eigenvalue weighted by molar-refractivity contribution is 5.68. The van der Waals surface area contributed by atoms with Gasteiger partial charge in [-0.3, -0.25) is 19.2 Å². The average Bonchev–Trinajstić information content (AvgIpc) is 2.54. The Hall–Kier alpha value is -2.67. The van der Waals surface area contributed by atoms with Crippen LogP contribution in [0.1, 0.15) is 40.5 Å². The number of carbonyl (C=O) groups is 4. The zero-order chi connectivity index (χ0) is 20.6. The smallest absolute Gasteiger partial charge is 0.303 e. The number of nitrogens with zero attached hydrogens (tertiary/aromatic N) is 1. The van der Waals surface area contributed by atoms with Crippen LogP contribution in [0.15, 0.2) is 0 Å². The third-order valence-corrected chi connectivity index (χ3v) is 3.63. The minimum absolute atomic E-state index is 0.0771. The minimum atomic E-state index is -1.19. The zero-order valence-electron chi connectivity index (χ0n) is 15.6. The molecule has 1 saturated heterocycles. The number of hydrogen-bond acceptors (Lipinski definition) is 10. The Morgan fingerprint density at radius 1 is 0.815 bits per heavy atom. The Morgan fingerprint density at radius 2 is 1.30 bits per heavy atom. The largest absolute Gasteiger partial charge is 0.463 e. The van der Waals surface area contributed by atoms with E-state index in [1.807, 2.05) is 6.07 Å². The first-order valence-electron chi connectivity index (χ1n) is 8.33. The van der Waals surface area contributed by atoms with Crippen molar-refractivity contribution in [2.75, 3.05) is 6.61 Å². The molecule has 150 valence electrons. The van der Waals surface area contributed by atoms with Crippen LogP contribution in [0.3, 0.4) is 0 Å². The molecule has 1 aliphatic heterocycles. The molecule has 1 rings (SSSR count). The molecule has 5 atom stereocenters. The lowest BCUT2D eigenvalue weighted by Gasteiger charge is -2.44. The molecule has 0 unspecified atom stereocenters. The van der Waals surface area contributed by atoms with Crippen molar-refractivity contribution in [3.8, 4) is 6.07 Å². The van der Waals surface area contributed by atoms with E-state index in [1.165, 1.54) is 6.92 Å². The van der Waals surface area contributed by atoms with Gasteiger partial charge in [-0.2, -0.15) is 5.26 Å². The summed E-state index contributed by atoms with van der Waals surface area (Å²) in [5.41, 5.74) is 0. The van der Waals surface area contributed by atoms with E-state index in [4.69, 9.17) is 28.9 Å². The van der Waals surface area contributed by atoms with E-state index in [0.717, 1.165) is 20.8 Å². The van der Waals surface area contributed by atoms with Gasteiger partial charge in [-0.25, -0.2) is 0 Å². The minimum Gasteiger partial charge on any atom is -0.463 e. The molecule has 0 N–H and O–H groups in total. The van der Waals surface area contributed by atoms with Crippen LogP contribution in [0.2, 0.25) is 0 Å². The first kappa shape index (κ1) is 22.4. The lowest BCUT2D eigenvalue weighted by Crippen LogP contribution is -2.62. The van der Waals surface area contributed by atoms with Crippen molar-refractivity contribution in [3.05, 3.63) is 0 Å². The summed E-state index contributed by atoms with van der Waals surface area (Å²) < 4.78 is 26.5. The van der Waals surface area contributed by atoms with Crippen LogP contribution in [0.25, 0.3) is 0 Å². The second-order valence-electron chi connectivity index (χ2n) is 5.93. The Labute approximate surface area is 156 Å². The van der Waals surface area contributed by atoms with E-state index in [2.05, 4.69) is 0 Å². The first-order valence-corrected chi connectivity index (χ1v) is 8.33. The van der Waals surface area contributed by atoms with E-state index in [9.17, 15) is 19.2 Å². The SMILES string of the molecule is CC(=O)OC[C@H]1O[C@H](CCC#N)[C@@H](OC(C)=O)[C@@H](OC(C)=O)[C@@H]1OC(C)=O. The summed E-state index contributed by atoms with van der Waals surface area (Å²) in [6.07, 6.45) is -5.02. The van der Waals surface area contributed by atoms with Crippen molar-refractivity contribution in [2.24, 2.45) is 0 Å². The van der Waals surface area contributed by atoms with Crippen molar-refractivity contribution in [1.82, 2.24) is 0 Å². The summed E-state index contributed by atoms with van der Waals surface area (Å²) in [6.45, 7) is 4.38. The lowest BCUT2D eigenvalue weighted by molar-refractivity contribution is -0.253. The van der Waals surface area contributed by atoms with E-state index >= 15 is 0 Å². The number of nitriles is 1. The van der Waals surface area contributed by atoms with Gasteiger partial charge in [0.25, 0.3) is 0 Å². The third kappa shape index (κ3) is 7.22. The number of rotatable bonds is 7. The van der Waals surface area contributed by atoms with Gasteiger partial charge in [0, 0.05) is 34.1 Å².